The monoisotopic (exact) mass is 329 g/mol. The van der Waals surface area contributed by atoms with Crippen LogP contribution in [0.1, 0.15) is 53.9 Å². The number of amides is 1. The molecule has 0 heterocycles. The Labute approximate surface area is 137 Å². The lowest BCUT2D eigenvalue weighted by molar-refractivity contribution is -0.159. The number of ether oxygens (including phenoxy) is 3. The van der Waals surface area contributed by atoms with Crippen LogP contribution < -0.4 is 5.32 Å². The maximum Gasteiger partial charge on any atom is 0.408 e. The number of hydrogen-bond donors (Lipinski definition) is 1. The van der Waals surface area contributed by atoms with Gasteiger partial charge in [0.25, 0.3) is 0 Å². The molecule has 0 aliphatic heterocycles. The van der Waals surface area contributed by atoms with Gasteiger partial charge in [0.15, 0.2) is 0 Å². The maximum absolute atomic E-state index is 12.2. The molecule has 0 unspecified atom stereocenters. The summed E-state index contributed by atoms with van der Waals surface area (Å²) in [4.78, 5) is 35.5. The van der Waals surface area contributed by atoms with E-state index in [4.69, 9.17) is 14.2 Å². The summed E-state index contributed by atoms with van der Waals surface area (Å²) in [5.41, 5.74) is -0.658. The van der Waals surface area contributed by atoms with Gasteiger partial charge in [-0.2, -0.15) is 0 Å². The van der Waals surface area contributed by atoms with E-state index in [0.29, 0.717) is 19.3 Å². The van der Waals surface area contributed by atoms with Crippen molar-refractivity contribution in [3.63, 3.8) is 0 Å². The van der Waals surface area contributed by atoms with Gasteiger partial charge in [-0.3, -0.25) is 9.59 Å². The number of carbonyl (C=O) groups excluding carboxylic acids is 3. The Bertz CT molecular complexity index is 442. The Kier molecular flexibility index (Phi) is 6.84. The molecule has 1 saturated carbocycles. The topological polar surface area (TPSA) is 90.9 Å². The molecule has 132 valence electrons. The summed E-state index contributed by atoms with van der Waals surface area (Å²) in [6.07, 6.45) is 0.653. The number of nitrogens with one attached hydrogen (secondary N) is 1. The first-order chi connectivity index (χ1) is 10.6. The maximum atomic E-state index is 12.2. The van der Waals surface area contributed by atoms with Crippen LogP contribution in [0.5, 0.6) is 0 Å². The van der Waals surface area contributed by atoms with Crippen molar-refractivity contribution >= 4 is 18.0 Å². The van der Waals surface area contributed by atoms with Crippen LogP contribution in [-0.4, -0.2) is 42.4 Å². The SMILES string of the molecule is CCOC(=O)[C@@H]1CCC[C@H](OC(C)=O)[C@H]1NC(=O)OC(C)(C)C. The molecule has 0 spiro atoms. The molecule has 1 fully saturated rings. The van der Waals surface area contributed by atoms with Crippen molar-refractivity contribution in [1.82, 2.24) is 5.32 Å². The highest BCUT2D eigenvalue weighted by Gasteiger charge is 2.41. The third-order valence-electron chi connectivity index (χ3n) is 3.43. The lowest BCUT2D eigenvalue weighted by Gasteiger charge is -2.36. The van der Waals surface area contributed by atoms with Gasteiger partial charge in [0.05, 0.1) is 18.6 Å². The van der Waals surface area contributed by atoms with Gasteiger partial charge >= 0.3 is 18.0 Å². The average molecular weight is 329 g/mol. The molecule has 23 heavy (non-hydrogen) atoms. The first-order valence-electron chi connectivity index (χ1n) is 7.97. The van der Waals surface area contributed by atoms with E-state index < -0.39 is 41.7 Å². The van der Waals surface area contributed by atoms with E-state index in [2.05, 4.69) is 5.32 Å². The first kappa shape index (κ1) is 19.3. The quantitative estimate of drug-likeness (QED) is 0.628. The highest BCUT2D eigenvalue weighted by Crippen LogP contribution is 2.28. The second kappa shape index (κ2) is 8.17. The van der Waals surface area contributed by atoms with Crippen LogP contribution in [0, 0.1) is 5.92 Å². The Balaban J connectivity index is 2.89. The molecular weight excluding hydrogens is 302 g/mol. The van der Waals surface area contributed by atoms with Gasteiger partial charge in [-0.1, -0.05) is 0 Å². The highest BCUT2D eigenvalue weighted by molar-refractivity contribution is 5.76. The second-order valence-corrected chi connectivity index (χ2v) is 6.61. The highest BCUT2D eigenvalue weighted by atomic mass is 16.6. The molecular formula is C16H27NO6. The van der Waals surface area contributed by atoms with Crippen molar-refractivity contribution in [2.75, 3.05) is 6.61 Å². The number of rotatable bonds is 4. The summed E-state index contributed by atoms with van der Waals surface area (Å²) in [5.74, 6) is -1.40. The van der Waals surface area contributed by atoms with Crippen molar-refractivity contribution in [3.8, 4) is 0 Å². The number of esters is 2. The molecule has 0 saturated heterocycles. The van der Waals surface area contributed by atoms with E-state index in [-0.39, 0.29) is 6.61 Å². The minimum absolute atomic E-state index is 0.257. The van der Waals surface area contributed by atoms with Crippen LogP contribution in [0.3, 0.4) is 0 Å². The Morgan fingerprint density at radius 2 is 1.83 bits per heavy atom. The molecule has 3 atom stereocenters. The molecule has 1 aliphatic rings. The lowest BCUT2D eigenvalue weighted by Crippen LogP contribution is -2.55. The zero-order chi connectivity index (χ0) is 17.6. The second-order valence-electron chi connectivity index (χ2n) is 6.61. The van der Waals surface area contributed by atoms with Gasteiger partial charge in [-0.05, 0) is 47.0 Å². The van der Waals surface area contributed by atoms with Crippen LogP contribution >= 0.6 is 0 Å². The molecule has 1 N–H and O–H groups in total. The van der Waals surface area contributed by atoms with Crippen molar-refractivity contribution < 1.29 is 28.6 Å². The molecule has 0 aromatic heterocycles. The van der Waals surface area contributed by atoms with Crippen LogP contribution in [0.4, 0.5) is 4.79 Å². The molecule has 7 nitrogen and oxygen atoms in total. The van der Waals surface area contributed by atoms with Crippen molar-refractivity contribution in [3.05, 3.63) is 0 Å². The zero-order valence-electron chi connectivity index (χ0n) is 14.5. The van der Waals surface area contributed by atoms with Crippen LogP contribution in [-0.2, 0) is 23.8 Å². The molecule has 1 amide bonds. The molecule has 1 aliphatic carbocycles. The molecule has 0 aromatic rings. The van der Waals surface area contributed by atoms with Crippen molar-refractivity contribution in [2.24, 2.45) is 5.92 Å². The summed E-state index contributed by atoms with van der Waals surface area (Å²) in [7, 11) is 0. The van der Waals surface area contributed by atoms with Gasteiger partial charge in [-0.25, -0.2) is 4.79 Å². The fraction of sp³-hybridized carbons (Fsp3) is 0.812. The third-order valence-corrected chi connectivity index (χ3v) is 3.43. The van der Waals surface area contributed by atoms with Gasteiger partial charge in [0.1, 0.15) is 11.7 Å². The predicted molar refractivity (Wildman–Crippen MR) is 82.7 cm³/mol. The number of alkyl carbamates (subject to hydrolysis) is 1. The minimum atomic E-state index is -0.658. The summed E-state index contributed by atoms with van der Waals surface area (Å²) >= 11 is 0. The third kappa shape index (κ3) is 6.46. The van der Waals surface area contributed by atoms with E-state index in [0.717, 1.165) is 0 Å². The predicted octanol–water partition coefficient (Wildman–Crippen LogP) is 2.17. The van der Waals surface area contributed by atoms with Crippen molar-refractivity contribution in [1.29, 1.82) is 0 Å². The van der Waals surface area contributed by atoms with Crippen LogP contribution in [0.15, 0.2) is 0 Å². The van der Waals surface area contributed by atoms with E-state index in [1.165, 1.54) is 6.92 Å². The minimum Gasteiger partial charge on any atom is -0.466 e. The Morgan fingerprint density at radius 1 is 1.17 bits per heavy atom. The zero-order valence-corrected chi connectivity index (χ0v) is 14.5. The van der Waals surface area contributed by atoms with E-state index in [9.17, 15) is 14.4 Å². The molecule has 0 radical (unpaired) electrons. The molecule has 7 heteroatoms. The summed E-state index contributed by atoms with van der Waals surface area (Å²) in [6, 6.07) is -0.651. The first-order valence-corrected chi connectivity index (χ1v) is 7.97. The van der Waals surface area contributed by atoms with Gasteiger partial charge < -0.3 is 19.5 Å². The van der Waals surface area contributed by atoms with Gasteiger partial charge in [-0.15, -0.1) is 0 Å². The standard InChI is InChI=1S/C16H27NO6/c1-6-21-14(19)11-8-7-9-12(22-10(2)18)13(11)17-15(20)23-16(3,4)5/h11-13H,6-9H2,1-5H3,(H,17,20)/t11-,12+,13+/m1/s1. The van der Waals surface area contributed by atoms with Gasteiger partial charge in [0.2, 0.25) is 0 Å². The smallest absolute Gasteiger partial charge is 0.408 e. The fourth-order valence-electron chi connectivity index (χ4n) is 2.65. The van der Waals surface area contributed by atoms with E-state index >= 15 is 0 Å². The number of hydrogen-bond acceptors (Lipinski definition) is 6. The van der Waals surface area contributed by atoms with Crippen molar-refractivity contribution in [2.45, 2.75) is 71.6 Å². The summed E-state index contributed by atoms with van der Waals surface area (Å²) in [5, 5.41) is 2.68. The normalized spacial score (nSPS) is 24.5. The van der Waals surface area contributed by atoms with Crippen LogP contribution in [0.2, 0.25) is 0 Å². The van der Waals surface area contributed by atoms with E-state index in [1.807, 2.05) is 0 Å². The Hall–Kier alpha value is -1.79. The fourth-order valence-corrected chi connectivity index (χ4v) is 2.65. The summed E-state index contributed by atoms with van der Waals surface area (Å²) < 4.78 is 15.6. The largest absolute Gasteiger partial charge is 0.466 e. The Morgan fingerprint density at radius 3 is 2.35 bits per heavy atom. The van der Waals surface area contributed by atoms with Crippen LogP contribution in [0.25, 0.3) is 0 Å². The van der Waals surface area contributed by atoms with E-state index in [1.54, 1.807) is 27.7 Å². The lowest BCUT2D eigenvalue weighted by atomic mass is 9.82. The van der Waals surface area contributed by atoms with Gasteiger partial charge in [0, 0.05) is 6.92 Å². The molecule has 1 rings (SSSR count). The average Bonchev–Trinajstić information content (AvgIpc) is 2.38. The summed E-state index contributed by atoms with van der Waals surface area (Å²) in [6.45, 7) is 8.53. The number of carbonyl (C=O) groups is 3. The molecule has 0 bridgehead atoms. The molecule has 0 aromatic carbocycles.